The van der Waals surface area contributed by atoms with Gasteiger partial charge in [0.05, 0.1) is 9.82 Å². The van der Waals surface area contributed by atoms with Crippen molar-refractivity contribution in [2.75, 3.05) is 11.6 Å². The van der Waals surface area contributed by atoms with E-state index in [1.807, 2.05) is 0 Å². The van der Waals surface area contributed by atoms with E-state index in [2.05, 4.69) is 5.32 Å². The van der Waals surface area contributed by atoms with Crippen LogP contribution in [0.1, 0.15) is 21.5 Å². The molecule has 3 aromatic carbocycles. The average Bonchev–Trinajstić information content (AvgIpc) is 2.72. The summed E-state index contributed by atoms with van der Waals surface area (Å²) in [5.74, 6) is -0.295. The largest absolute Gasteiger partial charge is 0.375 e. The Morgan fingerprint density at radius 1 is 0.966 bits per heavy atom. The van der Waals surface area contributed by atoms with Crippen molar-refractivity contribution >= 4 is 27.0 Å². The fourth-order valence-corrected chi connectivity index (χ4v) is 3.41. The number of nitro benzene ring substituents is 1. The third kappa shape index (κ3) is 4.85. The number of nitro groups is 1. The van der Waals surface area contributed by atoms with Crippen molar-refractivity contribution in [2.45, 2.75) is 11.4 Å². The molecule has 148 valence electrons. The third-order valence-electron chi connectivity index (χ3n) is 4.33. The molecule has 0 unspecified atom stereocenters. The summed E-state index contributed by atoms with van der Waals surface area (Å²) < 4.78 is 23.0. The molecule has 3 aromatic rings. The molecule has 0 spiro atoms. The minimum atomic E-state index is -3.28. The highest BCUT2D eigenvalue weighted by molar-refractivity contribution is 7.90. The lowest BCUT2D eigenvalue weighted by Gasteiger charge is -2.09. The Kier molecular flexibility index (Phi) is 5.74. The third-order valence-corrected chi connectivity index (χ3v) is 5.46. The van der Waals surface area contributed by atoms with Gasteiger partial charge in [-0.3, -0.25) is 14.9 Å². The SMILES string of the molecule is CS(=O)(=O)c1ccc(CNc2ccc(C(=O)c3ccccc3)cc2[N+](=O)[O-])cc1. The van der Waals surface area contributed by atoms with Crippen molar-refractivity contribution < 1.29 is 18.1 Å². The van der Waals surface area contributed by atoms with Crippen LogP contribution in [0.5, 0.6) is 0 Å². The first-order chi connectivity index (χ1) is 13.8. The number of rotatable bonds is 7. The Balaban J connectivity index is 1.81. The van der Waals surface area contributed by atoms with Gasteiger partial charge in [-0.05, 0) is 29.8 Å². The van der Waals surface area contributed by atoms with Crippen molar-refractivity contribution in [3.8, 4) is 0 Å². The van der Waals surface area contributed by atoms with Crippen molar-refractivity contribution in [1.82, 2.24) is 0 Å². The van der Waals surface area contributed by atoms with Gasteiger partial charge in [-0.15, -0.1) is 0 Å². The molecule has 0 atom stereocenters. The van der Waals surface area contributed by atoms with Crippen LogP contribution >= 0.6 is 0 Å². The Morgan fingerprint density at radius 3 is 2.21 bits per heavy atom. The van der Waals surface area contributed by atoms with E-state index in [4.69, 9.17) is 0 Å². The van der Waals surface area contributed by atoms with Gasteiger partial charge in [-0.2, -0.15) is 0 Å². The van der Waals surface area contributed by atoms with Crippen molar-refractivity contribution in [3.63, 3.8) is 0 Å². The molecule has 0 aliphatic carbocycles. The molecule has 7 nitrogen and oxygen atoms in total. The number of nitrogens with zero attached hydrogens (tertiary/aromatic N) is 1. The summed E-state index contributed by atoms with van der Waals surface area (Å²) in [5.41, 5.74) is 1.50. The number of sulfone groups is 1. The van der Waals surface area contributed by atoms with Crippen molar-refractivity contribution in [3.05, 3.63) is 99.6 Å². The molecule has 0 saturated heterocycles. The minimum absolute atomic E-state index is 0.205. The van der Waals surface area contributed by atoms with E-state index in [9.17, 15) is 23.3 Å². The second-order valence-corrected chi connectivity index (χ2v) is 8.47. The van der Waals surface area contributed by atoms with E-state index in [0.29, 0.717) is 5.56 Å². The average molecular weight is 410 g/mol. The first kappa shape index (κ1) is 20.2. The standard InChI is InChI=1S/C21H18N2O5S/c1-29(27,28)18-10-7-15(8-11-18)14-22-19-12-9-17(13-20(19)23(25)26)21(24)16-5-3-2-4-6-16/h2-13,22H,14H2,1H3. The first-order valence-electron chi connectivity index (χ1n) is 8.67. The van der Waals surface area contributed by atoms with Crippen LogP contribution in [-0.2, 0) is 16.4 Å². The molecule has 0 heterocycles. The quantitative estimate of drug-likeness (QED) is 0.360. The van der Waals surface area contributed by atoms with E-state index in [1.54, 1.807) is 42.5 Å². The van der Waals surface area contributed by atoms with Gasteiger partial charge in [0.2, 0.25) is 0 Å². The van der Waals surface area contributed by atoms with Crippen LogP contribution in [0.4, 0.5) is 11.4 Å². The Morgan fingerprint density at radius 2 is 1.62 bits per heavy atom. The number of hydrogen-bond acceptors (Lipinski definition) is 6. The van der Waals surface area contributed by atoms with Gasteiger partial charge >= 0.3 is 0 Å². The van der Waals surface area contributed by atoms with Crippen LogP contribution in [-0.4, -0.2) is 25.4 Å². The summed E-state index contributed by atoms with van der Waals surface area (Å²) in [6.45, 7) is 0.261. The van der Waals surface area contributed by atoms with Gasteiger partial charge in [0.25, 0.3) is 5.69 Å². The summed E-state index contributed by atoms with van der Waals surface area (Å²) in [7, 11) is -3.28. The molecule has 8 heteroatoms. The number of nitrogens with one attached hydrogen (secondary N) is 1. The monoisotopic (exact) mass is 410 g/mol. The lowest BCUT2D eigenvalue weighted by Crippen LogP contribution is -2.06. The van der Waals surface area contributed by atoms with Gasteiger partial charge < -0.3 is 5.32 Å². The zero-order valence-corrected chi connectivity index (χ0v) is 16.3. The number of benzene rings is 3. The van der Waals surface area contributed by atoms with Gasteiger partial charge in [0.1, 0.15) is 5.69 Å². The maximum atomic E-state index is 12.5. The number of carbonyl (C=O) groups excluding carboxylic acids is 1. The van der Waals surface area contributed by atoms with E-state index >= 15 is 0 Å². The summed E-state index contributed by atoms with van der Waals surface area (Å²) in [6.07, 6.45) is 1.13. The normalized spacial score (nSPS) is 11.1. The highest BCUT2D eigenvalue weighted by atomic mass is 32.2. The molecule has 3 rings (SSSR count). The number of carbonyl (C=O) groups is 1. The van der Waals surface area contributed by atoms with Gasteiger partial charge in [0, 0.05) is 30.0 Å². The Labute approximate surface area is 168 Å². The van der Waals surface area contributed by atoms with Crippen LogP contribution < -0.4 is 5.32 Å². The second kappa shape index (κ2) is 8.24. The van der Waals surface area contributed by atoms with Gasteiger partial charge in [0.15, 0.2) is 15.6 Å². The fraction of sp³-hybridized carbons (Fsp3) is 0.0952. The summed E-state index contributed by atoms with van der Waals surface area (Å²) >= 11 is 0. The van der Waals surface area contributed by atoms with E-state index in [-0.39, 0.29) is 34.2 Å². The summed E-state index contributed by atoms with van der Waals surface area (Å²) in [6, 6.07) is 19.1. The molecule has 0 aromatic heterocycles. The van der Waals surface area contributed by atoms with E-state index < -0.39 is 14.8 Å². The molecule has 0 amide bonds. The molecule has 1 N–H and O–H groups in total. The van der Waals surface area contributed by atoms with E-state index in [0.717, 1.165) is 11.8 Å². The fourth-order valence-electron chi connectivity index (χ4n) is 2.78. The Bertz CT molecular complexity index is 1160. The highest BCUT2D eigenvalue weighted by Crippen LogP contribution is 2.27. The summed E-state index contributed by atoms with van der Waals surface area (Å²) in [5, 5.41) is 14.5. The number of hydrogen-bond donors (Lipinski definition) is 1. The maximum absolute atomic E-state index is 12.5. The minimum Gasteiger partial charge on any atom is -0.375 e. The lowest BCUT2D eigenvalue weighted by molar-refractivity contribution is -0.384. The molecule has 29 heavy (non-hydrogen) atoms. The number of anilines is 1. The smallest absolute Gasteiger partial charge is 0.293 e. The molecule has 0 aliphatic heterocycles. The molecular weight excluding hydrogens is 392 g/mol. The zero-order chi connectivity index (χ0) is 21.0. The van der Waals surface area contributed by atoms with Crippen molar-refractivity contribution in [1.29, 1.82) is 0 Å². The molecule has 0 bridgehead atoms. The van der Waals surface area contributed by atoms with Crippen LogP contribution in [0.2, 0.25) is 0 Å². The molecule has 0 radical (unpaired) electrons. The molecule has 0 fully saturated rings. The van der Waals surface area contributed by atoms with Gasteiger partial charge in [-0.25, -0.2) is 8.42 Å². The first-order valence-corrected chi connectivity index (χ1v) is 10.6. The lowest BCUT2D eigenvalue weighted by atomic mass is 10.0. The predicted octanol–water partition coefficient (Wildman–Crippen LogP) is 3.84. The second-order valence-electron chi connectivity index (χ2n) is 6.45. The highest BCUT2D eigenvalue weighted by Gasteiger charge is 2.18. The predicted molar refractivity (Wildman–Crippen MR) is 110 cm³/mol. The topological polar surface area (TPSA) is 106 Å². The molecular formula is C21H18N2O5S. The maximum Gasteiger partial charge on any atom is 0.293 e. The zero-order valence-electron chi connectivity index (χ0n) is 15.5. The molecule has 0 aliphatic rings. The van der Waals surface area contributed by atoms with Crippen molar-refractivity contribution in [2.24, 2.45) is 0 Å². The summed E-state index contributed by atoms with van der Waals surface area (Å²) in [4.78, 5) is 23.7. The van der Waals surface area contributed by atoms with Gasteiger partial charge in [-0.1, -0.05) is 42.5 Å². The van der Waals surface area contributed by atoms with Crippen LogP contribution in [0, 0.1) is 10.1 Å². The Hall–Kier alpha value is -3.52. The number of ketones is 1. The van der Waals surface area contributed by atoms with Crippen LogP contribution in [0.25, 0.3) is 0 Å². The van der Waals surface area contributed by atoms with Crippen LogP contribution in [0.3, 0.4) is 0 Å². The van der Waals surface area contributed by atoms with Crippen LogP contribution in [0.15, 0.2) is 77.7 Å². The van der Waals surface area contributed by atoms with E-state index in [1.165, 1.54) is 30.3 Å². The molecule has 0 saturated carbocycles.